The quantitative estimate of drug-likeness (QED) is 0.747. The lowest BCUT2D eigenvalue weighted by molar-refractivity contribution is 0.637. The summed E-state index contributed by atoms with van der Waals surface area (Å²) in [7, 11) is 0. The third-order valence-electron chi connectivity index (χ3n) is 3.46. The summed E-state index contributed by atoms with van der Waals surface area (Å²) in [6, 6.07) is 11.2. The van der Waals surface area contributed by atoms with Crippen LogP contribution in [0.2, 0.25) is 5.02 Å². The second-order valence-corrected chi connectivity index (χ2v) is 5.30. The largest absolute Gasteiger partial charge is 0.296 e. The van der Waals surface area contributed by atoms with Gasteiger partial charge in [-0.1, -0.05) is 23.7 Å². The van der Waals surface area contributed by atoms with E-state index in [4.69, 9.17) is 11.6 Å². The van der Waals surface area contributed by atoms with Gasteiger partial charge in [-0.15, -0.1) is 0 Å². The van der Waals surface area contributed by atoms with Gasteiger partial charge in [0.15, 0.2) is 5.65 Å². The maximum absolute atomic E-state index is 12.5. The molecule has 0 saturated heterocycles. The standard InChI is InChI=1S/C16H14ClN3O/c1-11-19-15-14(3-2-9-18-15)16(21)20(11)10-8-12-4-6-13(17)7-5-12/h2-7,9H,8,10H2,1H3. The van der Waals surface area contributed by atoms with E-state index in [1.54, 1.807) is 22.9 Å². The molecular weight excluding hydrogens is 286 g/mol. The molecule has 2 heterocycles. The first-order valence-electron chi connectivity index (χ1n) is 6.72. The summed E-state index contributed by atoms with van der Waals surface area (Å²) in [5.74, 6) is 0.681. The Bertz CT molecular complexity index is 840. The van der Waals surface area contributed by atoms with Crippen LogP contribution in [0.25, 0.3) is 11.0 Å². The van der Waals surface area contributed by atoms with Gasteiger partial charge in [0.25, 0.3) is 5.56 Å². The van der Waals surface area contributed by atoms with Gasteiger partial charge in [-0.3, -0.25) is 9.36 Å². The molecule has 0 saturated carbocycles. The average molecular weight is 300 g/mol. The molecule has 0 radical (unpaired) electrons. The second-order valence-electron chi connectivity index (χ2n) is 4.87. The Kier molecular flexibility index (Phi) is 3.71. The number of halogens is 1. The smallest absolute Gasteiger partial charge is 0.263 e. The number of aromatic nitrogens is 3. The molecule has 106 valence electrons. The molecule has 5 heteroatoms. The molecule has 4 nitrogen and oxygen atoms in total. The molecule has 3 aromatic rings. The first kappa shape index (κ1) is 13.8. The summed E-state index contributed by atoms with van der Waals surface area (Å²) in [5.41, 5.74) is 1.60. The van der Waals surface area contributed by atoms with Gasteiger partial charge in [0, 0.05) is 17.8 Å². The fourth-order valence-corrected chi connectivity index (χ4v) is 2.44. The zero-order chi connectivity index (χ0) is 14.8. The van der Waals surface area contributed by atoms with Gasteiger partial charge in [-0.25, -0.2) is 9.97 Å². The lowest BCUT2D eigenvalue weighted by Crippen LogP contribution is -2.25. The molecule has 0 aliphatic rings. The number of fused-ring (bicyclic) bond motifs is 1. The Morgan fingerprint density at radius 2 is 1.95 bits per heavy atom. The van der Waals surface area contributed by atoms with Crippen molar-refractivity contribution in [2.75, 3.05) is 0 Å². The Morgan fingerprint density at radius 3 is 2.71 bits per heavy atom. The molecule has 2 aromatic heterocycles. The third-order valence-corrected chi connectivity index (χ3v) is 3.71. The Labute approximate surface area is 127 Å². The van der Waals surface area contributed by atoms with Crippen molar-refractivity contribution in [3.63, 3.8) is 0 Å². The van der Waals surface area contributed by atoms with Crippen LogP contribution in [0.15, 0.2) is 47.4 Å². The van der Waals surface area contributed by atoms with Gasteiger partial charge >= 0.3 is 0 Å². The first-order valence-corrected chi connectivity index (χ1v) is 7.09. The van der Waals surface area contributed by atoms with Crippen LogP contribution in [0.4, 0.5) is 0 Å². The van der Waals surface area contributed by atoms with Crippen molar-refractivity contribution in [1.82, 2.24) is 14.5 Å². The minimum atomic E-state index is -0.0421. The van der Waals surface area contributed by atoms with E-state index in [9.17, 15) is 4.79 Å². The minimum absolute atomic E-state index is 0.0421. The molecule has 0 fully saturated rings. The fourth-order valence-electron chi connectivity index (χ4n) is 2.31. The number of nitrogens with zero attached hydrogens (tertiary/aromatic N) is 3. The lowest BCUT2D eigenvalue weighted by atomic mass is 10.1. The SMILES string of the molecule is Cc1nc2ncccc2c(=O)n1CCc1ccc(Cl)cc1. The van der Waals surface area contributed by atoms with Crippen LogP contribution in [0, 0.1) is 6.92 Å². The maximum atomic E-state index is 12.5. The summed E-state index contributed by atoms with van der Waals surface area (Å²) in [5, 5.41) is 1.27. The molecule has 3 rings (SSSR count). The summed E-state index contributed by atoms with van der Waals surface area (Å²) >= 11 is 5.87. The van der Waals surface area contributed by atoms with Crippen molar-refractivity contribution in [2.45, 2.75) is 19.9 Å². The van der Waals surface area contributed by atoms with E-state index in [-0.39, 0.29) is 5.56 Å². The highest BCUT2D eigenvalue weighted by Crippen LogP contribution is 2.11. The molecule has 1 aromatic carbocycles. The van der Waals surface area contributed by atoms with Crippen LogP contribution in [-0.2, 0) is 13.0 Å². The number of rotatable bonds is 3. The van der Waals surface area contributed by atoms with Crippen molar-refractivity contribution in [1.29, 1.82) is 0 Å². The molecule has 0 unspecified atom stereocenters. The highest BCUT2D eigenvalue weighted by molar-refractivity contribution is 6.30. The van der Waals surface area contributed by atoms with E-state index in [0.29, 0.717) is 28.4 Å². The maximum Gasteiger partial charge on any atom is 0.263 e. The molecule has 0 bridgehead atoms. The minimum Gasteiger partial charge on any atom is -0.296 e. The van der Waals surface area contributed by atoms with Crippen LogP contribution < -0.4 is 5.56 Å². The zero-order valence-corrected chi connectivity index (χ0v) is 12.3. The van der Waals surface area contributed by atoms with E-state index in [1.807, 2.05) is 31.2 Å². The van der Waals surface area contributed by atoms with E-state index >= 15 is 0 Å². The van der Waals surface area contributed by atoms with Gasteiger partial charge in [0.2, 0.25) is 0 Å². The molecule has 0 spiro atoms. The van der Waals surface area contributed by atoms with Crippen molar-refractivity contribution in [3.8, 4) is 0 Å². The Hall–Kier alpha value is -2.20. The van der Waals surface area contributed by atoms with Gasteiger partial charge in [0.05, 0.1) is 5.39 Å². The molecule has 0 aliphatic heterocycles. The van der Waals surface area contributed by atoms with E-state index in [0.717, 1.165) is 12.0 Å². The van der Waals surface area contributed by atoms with Crippen molar-refractivity contribution in [3.05, 3.63) is 69.4 Å². The molecule has 21 heavy (non-hydrogen) atoms. The molecular formula is C16H14ClN3O. The summed E-state index contributed by atoms with van der Waals surface area (Å²) in [4.78, 5) is 21.0. The van der Waals surface area contributed by atoms with Gasteiger partial charge in [-0.2, -0.15) is 0 Å². The lowest BCUT2D eigenvalue weighted by Gasteiger charge is -2.10. The van der Waals surface area contributed by atoms with Crippen molar-refractivity contribution in [2.24, 2.45) is 0 Å². The third kappa shape index (κ3) is 2.81. The average Bonchev–Trinajstić information content (AvgIpc) is 2.49. The monoisotopic (exact) mass is 299 g/mol. The number of pyridine rings is 1. The number of hydrogen-bond donors (Lipinski definition) is 0. The van der Waals surface area contributed by atoms with Crippen molar-refractivity contribution < 1.29 is 0 Å². The van der Waals surface area contributed by atoms with E-state index < -0.39 is 0 Å². The number of hydrogen-bond acceptors (Lipinski definition) is 3. The predicted molar refractivity (Wildman–Crippen MR) is 83.7 cm³/mol. The number of aryl methyl sites for hydroxylation is 2. The van der Waals surface area contributed by atoms with Crippen LogP contribution in [0.5, 0.6) is 0 Å². The Morgan fingerprint density at radius 1 is 1.19 bits per heavy atom. The van der Waals surface area contributed by atoms with Crippen molar-refractivity contribution >= 4 is 22.6 Å². The number of benzene rings is 1. The van der Waals surface area contributed by atoms with E-state index in [1.165, 1.54) is 0 Å². The summed E-state index contributed by atoms with van der Waals surface area (Å²) in [6.45, 7) is 2.42. The zero-order valence-electron chi connectivity index (χ0n) is 11.6. The van der Waals surface area contributed by atoms with Gasteiger partial charge < -0.3 is 0 Å². The van der Waals surface area contributed by atoms with Gasteiger partial charge in [0.1, 0.15) is 5.82 Å². The van der Waals surface area contributed by atoms with Crippen LogP contribution in [0.3, 0.4) is 0 Å². The molecule has 0 amide bonds. The van der Waals surface area contributed by atoms with Crippen LogP contribution >= 0.6 is 11.6 Å². The van der Waals surface area contributed by atoms with Crippen LogP contribution in [0.1, 0.15) is 11.4 Å². The molecule has 0 atom stereocenters. The fraction of sp³-hybridized carbons (Fsp3) is 0.188. The van der Waals surface area contributed by atoms with Gasteiger partial charge in [-0.05, 0) is 43.2 Å². The topological polar surface area (TPSA) is 47.8 Å². The molecule has 0 N–H and O–H groups in total. The molecule has 0 aliphatic carbocycles. The highest BCUT2D eigenvalue weighted by Gasteiger charge is 2.08. The summed E-state index contributed by atoms with van der Waals surface area (Å²) < 4.78 is 1.69. The van der Waals surface area contributed by atoms with E-state index in [2.05, 4.69) is 9.97 Å². The normalized spacial score (nSPS) is 11.0. The highest BCUT2D eigenvalue weighted by atomic mass is 35.5. The van der Waals surface area contributed by atoms with Crippen LogP contribution in [-0.4, -0.2) is 14.5 Å². The first-order chi connectivity index (χ1) is 10.1. The Balaban J connectivity index is 1.93. The summed E-state index contributed by atoms with van der Waals surface area (Å²) in [6.07, 6.45) is 2.40. The predicted octanol–water partition coefficient (Wildman–Crippen LogP) is 3.00. The second kappa shape index (κ2) is 5.66.